The molecule has 2 amide bonds. The lowest BCUT2D eigenvalue weighted by atomic mass is 9.86. The van der Waals surface area contributed by atoms with Crippen LogP contribution in [-0.4, -0.2) is 64.6 Å². The quantitative estimate of drug-likeness (QED) is 0.501. The molecule has 192 valence electrons. The van der Waals surface area contributed by atoms with E-state index in [4.69, 9.17) is 0 Å². The van der Waals surface area contributed by atoms with Gasteiger partial charge in [0.2, 0.25) is 0 Å². The van der Waals surface area contributed by atoms with Crippen LogP contribution in [0.1, 0.15) is 44.7 Å². The molecule has 0 spiro atoms. The summed E-state index contributed by atoms with van der Waals surface area (Å²) in [4.78, 5) is 33.9. The van der Waals surface area contributed by atoms with Crippen molar-refractivity contribution in [1.82, 2.24) is 20.1 Å². The van der Waals surface area contributed by atoms with Crippen LogP contribution in [0, 0.1) is 25.7 Å². The first-order valence-corrected chi connectivity index (χ1v) is 12.9. The second kappa shape index (κ2) is 10.7. The number of pyridine rings is 1. The van der Waals surface area contributed by atoms with Gasteiger partial charge < -0.3 is 20.2 Å². The summed E-state index contributed by atoms with van der Waals surface area (Å²) in [6.07, 6.45) is 0.728. The Morgan fingerprint density at radius 1 is 0.919 bits per heavy atom. The van der Waals surface area contributed by atoms with Crippen molar-refractivity contribution in [3.05, 3.63) is 101 Å². The number of aryl methyl sites for hydroxylation is 2. The summed E-state index contributed by atoms with van der Waals surface area (Å²) in [6.45, 7) is 7.91. The number of carboxylic acid groups (broad SMARTS) is 1. The summed E-state index contributed by atoms with van der Waals surface area (Å²) >= 11 is 0. The zero-order valence-corrected chi connectivity index (χ0v) is 21.4. The Labute approximate surface area is 218 Å². The van der Waals surface area contributed by atoms with Gasteiger partial charge in [-0.2, -0.15) is 0 Å². The van der Waals surface area contributed by atoms with Crippen molar-refractivity contribution in [1.29, 1.82) is 0 Å². The van der Waals surface area contributed by atoms with Crippen molar-refractivity contribution in [2.45, 2.75) is 25.8 Å². The molecule has 3 aromatic rings. The summed E-state index contributed by atoms with van der Waals surface area (Å²) < 4.78 is 0. The van der Waals surface area contributed by atoms with E-state index in [0.29, 0.717) is 11.8 Å². The Bertz CT molecular complexity index is 1220. The smallest absolute Gasteiger partial charge is 0.405 e. The molecule has 2 aliphatic rings. The molecular formula is C30H34N4O3. The lowest BCUT2D eigenvalue weighted by Crippen LogP contribution is -2.39. The Balaban J connectivity index is 1.32. The van der Waals surface area contributed by atoms with Crippen molar-refractivity contribution in [2.75, 3.05) is 32.7 Å². The zero-order chi connectivity index (χ0) is 25.9. The lowest BCUT2D eigenvalue weighted by molar-refractivity contribution is 0.0771. The predicted molar refractivity (Wildman–Crippen MR) is 143 cm³/mol. The van der Waals surface area contributed by atoms with E-state index >= 15 is 0 Å². The summed E-state index contributed by atoms with van der Waals surface area (Å²) in [7, 11) is 0. The molecule has 1 aromatic heterocycles. The highest BCUT2D eigenvalue weighted by Gasteiger charge is 2.43. The Morgan fingerprint density at radius 2 is 1.51 bits per heavy atom. The van der Waals surface area contributed by atoms with E-state index in [-0.39, 0.29) is 17.9 Å². The summed E-state index contributed by atoms with van der Waals surface area (Å²) in [6, 6.07) is 21.5. The number of benzene rings is 2. The topological polar surface area (TPSA) is 85.8 Å². The van der Waals surface area contributed by atoms with Crippen LogP contribution in [0.3, 0.4) is 0 Å². The highest BCUT2D eigenvalue weighted by Crippen LogP contribution is 2.37. The van der Waals surface area contributed by atoms with Crippen molar-refractivity contribution in [3.8, 4) is 0 Å². The molecule has 0 bridgehead atoms. The first kappa shape index (κ1) is 25.0. The molecule has 7 nitrogen and oxygen atoms in total. The number of likely N-dealkylation sites (tertiary alicyclic amines) is 2. The number of carbonyl (C=O) groups excluding carboxylic acids is 1. The van der Waals surface area contributed by atoms with Crippen LogP contribution in [0.2, 0.25) is 0 Å². The van der Waals surface area contributed by atoms with Crippen molar-refractivity contribution in [2.24, 2.45) is 11.8 Å². The number of rotatable bonds is 7. The van der Waals surface area contributed by atoms with Crippen LogP contribution in [0.25, 0.3) is 0 Å². The molecule has 0 saturated carbocycles. The van der Waals surface area contributed by atoms with Gasteiger partial charge in [0.05, 0.1) is 17.3 Å². The predicted octanol–water partition coefficient (Wildman–Crippen LogP) is 4.49. The van der Waals surface area contributed by atoms with Crippen LogP contribution in [-0.2, 0) is 0 Å². The second-order valence-corrected chi connectivity index (χ2v) is 10.4. The fraction of sp³-hybridized carbons (Fsp3) is 0.367. The Morgan fingerprint density at radius 3 is 2.08 bits per heavy atom. The number of hydrogen-bond acceptors (Lipinski definition) is 4. The first-order chi connectivity index (χ1) is 17.9. The zero-order valence-electron chi connectivity index (χ0n) is 21.4. The maximum Gasteiger partial charge on any atom is 0.405 e. The van der Waals surface area contributed by atoms with E-state index in [9.17, 15) is 14.7 Å². The molecule has 2 aromatic carbocycles. The fourth-order valence-corrected chi connectivity index (χ4v) is 6.17. The van der Waals surface area contributed by atoms with Gasteiger partial charge in [0.15, 0.2) is 0 Å². The van der Waals surface area contributed by atoms with Gasteiger partial charge in [-0.15, -0.1) is 0 Å². The van der Waals surface area contributed by atoms with Gasteiger partial charge in [-0.25, -0.2) is 4.79 Å². The summed E-state index contributed by atoms with van der Waals surface area (Å²) in [5, 5.41) is 12.5. The van der Waals surface area contributed by atoms with E-state index in [1.165, 1.54) is 0 Å². The maximum atomic E-state index is 13.3. The van der Waals surface area contributed by atoms with Crippen LogP contribution >= 0.6 is 0 Å². The third kappa shape index (κ3) is 5.37. The monoisotopic (exact) mass is 498 g/mol. The van der Waals surface area contributed by atoms with E-state index < -0.39 is 6.09 Å². The van der Waals surface area contributed by atoms with Gasteiger partial charge in [0.25, 0.3) is 5.91 Å². The molecule has 3 heterocycles. The third-order valence-electron chi connectivity index (χ3n) is 7.93. The van der Waals surface area contributed by atoms with Gasteiger partial charge in [-0.05, 0) is 48.4 Å². The van der Waals surface area contributed by atoms with Crippen LogP contribution < -0.4 is 5.32 Å². The highest BCUT2D eigenvalue weighted by atomic mass is 16.4. The number of nitrogens with one attached hydrogen (secondary N) is 1. The minimum atomic E-state index is -1.02. The molecule has 4 atom stereocenters. The number of aromatic nitrogens is 1. The number of nitrogens with zero attached hydrogens (tertiary/aromatic N) is 3. The van der Waals surface area contributed by atoms with E-state index in [1.54, 1.807) is 6.20 Å². The number of hydrogen-bond donors (Lipinski definition) is 2. The van der Waals surface area contributed by atoms with E-state index in [0.717, 1.165) is 60.7 Å². The Kier molecular flexibility index (Phi) is 7.24. The van der Waals surface area contributed by atoms with Crippen LogP contribution in [0.5, 0.6) is 0 Å². The molecule has 0 aliphatic carbocycles. The number of carbonyl (C=O) groups is 2. The average molecular weight is 499 g/mol. The van der Waals surface area contributed by atoms with Crippen molar-refractivity contribution < 1.29 is 14.7 Å². The maximum absolute atomic E-state index is 13.3. The summed E-state index contributed by atoms with van der Waals surface area (Å²) in [5.74, 6) is 0.874. The van der Waals surface area contributed by atoms with E-state index in [1.807, 2.05) is 73.3 Å². The van der Waals surface area contributed by atoms with E-state index in [2.05, 4.69) is 27.3 Å². The fourth-order valence-electron chi connectivity index (χ4n) is 6.17. The average Bonchev–Trinajstić information content (AvgIpc) is 3.46. The van der Waals surface area contributed by atoms with Crippen LogP contribution in [0.15, 0.2) is 72.9 Å². The molecule has 2 fully saturated rings. The SMILES string of the molecule is Cc1ccnc(C)c1C(=O)N1CC2CN(CC(c3ccccc3)[C@H](NC(=O)O)c3ccccc3)CC2C1. The Hall–Kier alpha value is -3.71. The molecule has 2 N–H and O–H groups in total. The number of amides is 2. The molecule has 2 saturated heterocycles. The molecule has 7 heteroatoms. The first-order valence-electron chi connectivity index (χ1n) is 12.9. The molecular weight excluding hydrogens is 464 g/mol. The molecule has 0 radical (unpaired) electrons. The molecule has 5 rings (SSSR count). The third-order valence-corrected chi connectivity index (χ3v) is 7.93. The second-order valence-electron chi connectivity index (χ2n) is 10.4. The van der Waals surface area contributed by atoms with Gasteiger partial charge in [0, 0.05) is 44.8 Å². The van der Waals surface area contributed by atoms with Crippen molar-refractivity contribution >= 4 is 12.0 Å². The lowest BCUT2D eigenvalue weighted by Gasteiger charge is -2.32. The summed E-state index contributed by atoms with van der Waals surface area (Å²) in [5.41, 5.74) is 4.56. The van der Waals surface area contributed by atoms with Gasteiger partial charge in [-0.1, -0.05) is 60.7 Å². The van der Waals surface area contributed by atoms with Crippen molar-refractivity contribution in [3.63, 3.8) is 0 Å². The highest BCUT2D eigenvalue weighted by molar-refractivity contribution is 5.96. The van der Waals surface area contributed by atoms with Gasteiger partial charge in [0.1, 0.15) is 0 Å². The normalized spacial score (nSPS) is 20.9. The van der Waals surface area contributed by atoms with Gasteiger partial charge in [-0.3, -0.25) is 9.78 Å². The van der Waals surface area contributed by atoms with Gasteiger partial charge >= 0.3 is 6.09 Å². The number of fused-ring (bicyclic) bond motifs is 1. The largest absolute Gasteiger partial charge is 0.465 e. The molecule has 3 unspecified atom stereocenters. The molecule has 37 heavy (non-hydrogen) atoms. The van der Waals surface area contributed by atoms with Crippen LogP contribution in [0.4, 0.5) is 4.79 Å². The standard InChI is InChI=1S/C30H34N4O3/c1-20-13-14-31-21(2)27(20)29(35)34-17-24-15-33(16-25(24)18-34)19-26(22-9-5-3-6-10-22)28(32-30(36)37)23-11-7-4-8-12-23/h3-14,24-26,28,32H,15-19H2,1-2H3,(H,36,37)/t24?,25?,26?,28-/m1/s1. The minimum absolute atomic E-state index is 0.0445. The molecule has 2 aliphatic heterocycles. The minimum Gasteiger partial charge on any atom is -0.465 e.